The zero-order valence-electron chi connectivity index (χ0n) is 16.6. The van der Waals surface area contributed by atoms with Gasteiger partial charge in [-0.3, -0.25) is 14.5 Å². The molecule has 2 N–H and O–H groups in total. The van der Waals surface area contributed by atoms with Gasteiger partial charge in [0.1, 0.15) is 5.54 Å². The third kappa shape index (κ3) is 5.41. The first-order valence-corrected chi connectivity index (χ1v) is 10.5. The van der Waals surface area contributed by atoms with Gasteiger partial charge in [-0.1, -0.05) is 17.6 Å². The summed E-state index contributed by atoms with van der Waals surface area (Å²) in [5.74, 6) is 0.760. The number of hydrogen-bond acceptors (Lipinski definition) is 7. The summed E-state index contributed by atoms with van der Waals surface area (Å²) in [6.07, 6.45) is 3.43. The maximum absolute atomic E-state index is 12.1. The lowest BCUT2D eigenvalue weighted by Gasteiger charge is -2.15. The van der Waals surface area contributed by atoms with Crippen LogP contribution in [0.15, 0.2) is 22.0 Å². The van der Waals surface area contributed by atoms with Crippen molar-refractivity contribution >= 4 is 29.2 Å². The summed E-state index contributed by atoms with van der Waals surface area (Å²) >= 11 is 1.57. The van der Waals surface area contributed by atoms with Gasteiger partial charge in [-0.25, -0.2) is 4.79 Å². The molecule has 156 valence electrons. The second-order valence-electron chi connectivity index (χ2n) is 7.41. The summed E-state index contributed by atoms with van der Waals surface area (Å²) in [6, 6.07) is 3.45. The van der Waals surface area contributed by atoms with Crippen LogP contribution < -0.4 is 10.6 Å². The van der Waals surface area contributed by atoms with Crippen LogP contribution >= 0.6 is 11.3 Å². The highest BCUT2D eigenvalue weighted by molar-refractivity contribution is 7.13. The van der Waals surface area contributed by atoms with Crippen molar-refractivity contribution < 1.29 is 18.9 Å². The van der Waals surface area contributed by atoms with E-state index in [1.54, 1.807) is 25.2 Å². The molecule has 0 aromatic carbocycles. The van der Waals surface area contributed by atoms with E-state index < -0.39 is 11.6 Å². The van der Waals surface area contributed by atoms with Crippen molar-refractivity contribution in [2.24, 2.45) is 0 Å². The Bertz CT molecular complexity index is 862. The van der Waals surface area contributed by atoms with Gasteiger partial charge in [-0.15, -0.1) is 11.3 Å². The largest absolute Gasteiger partial charge is 0.356 e. The Balaban J connectivity index is 1.27. The van der Waals surface area contributed by atoms with E-state index in [1.165, 1.54) is 0 Å². The summed E-state index contributed by atoms with van der Waals surface area (Å²) in [7, 11) is 0. The molecular formula is C19H25N5O4S. The van der Waals surface area contributed by atoms with Gasteiger partial charge in [0.25, 0.3) is 5.91 Å². The fourth-order valence-corrected chi connectivity index (χ4v) is 3.64. The summed E-state index contributed by atoms with van der Waals surface area (Å²) in [5, 5.41) is 11.4. The van der Waals surface area contributed by atoms with Crippen molar-refractivity contribution in [3.8, 4) is 10.7 Å². The Labute approximate surface area is 172 Å². The van der Waals surface area contributed by atoms with E-state index in [1.807, 2.05) is 17.5 Å². The van der Waals surface area contributed by atoms with Crippen molar-refractivity contribution in [1.29, 1.82) is 0 Å². The number of carbonyl (C=O) groups excluding carboxylic acids is 3. The van der Waals surface area contributed by atoms with Gasteiger partial charge in [-0.05, 0) is 38.1 Å². The number of imide groups is 1. The normalized spacial score (nSPS) is 15.6. The van der Waals surface area contributed by atoms with Crippen LogP contribution in [0.1, 0.15) is 45.4 Å². The van der Waals surface area contributed by atoms with Gasteiger partial charge in [-0.2, -0.15) is 4.98 Å². The molecule has 10 heteroatoms. The van der Waals surface area contributed by atoms with Gasteiger partial charge in [0.05, 0.1) is 4.88 Å². The van der Waals surface area contributed by atoms with Gasteiger partial charge in [0.15, 0.2) is 0 Å². The maximum atomic E-state index is 12.1. The molecule has 0 unspecified atom stereocenters. The predicted octanol–water partition coefficient (Wildman–Crippen LogP) is 2.35. The van der Waals surface area contributed by atoms with Crippen LogP contribution in [0, 0.1) is 0 Å². The Morgan fingerprint density at radius 3 is 2.83 bits per heavy atom. The molecule has 0 radical (unpaired) electrons. The SMILES string of the molecule is CC1(C)NC(=O)N(CCC(=O)NCCCCCc2nc(-c3cccs3)no2)C1=O. The van der Waals surface area contributed by atoms with Crippen LogP contribution in [0.25, 0.3) is 10.7 Å². The summed E-state index contributed by atoms with van der Waals surface area (Å²) in [5.41, 5.74) is -0.906. The highest BCUT2D eigenvalue weighted by Gasteiger charge is 2.43. The molecule has 0 atom stereocenters. The molecule has 0 spiro atoms. The number of urea groups is 1. The van der Waals surface area contributed by atoms with E-state index in [0.29, 0.717) is 24.7 Å². The lowest BCUT2D eigenvalue weighted by Crippen LogP contribution is -2.40. The number of amides is 4. The van der Waals surface area contributed by atoms with Gasteiger partial charge >= 0.3 is 6.03 Å². The first-order valence-electron chi connectivity index (χ1n) is 9.64. The highest BCUT2D eigenvalue weighted by atomic mass is 32.1. The lowest BCUT2D eigenvalue weighted by molar-refractivity contribution is -0.130. The van der Waals surface area contributed by atoms with Crippen molar-refractivity contribution in [1.82, 2.24) is 25.7 Å². The van der Waals surface area contributed by atoms with E-state index in [-0.39, 0.29) is 24.8 Å². The Morgan fingerprint density at radius 2 is 2.14 bits per heavy atom. The predicted molar refractivity (Wildman–Crippen MR) is 107 cm³/mol. The molecule has 0 saturated carbocycles. The van der Waals surface area contributed by atoms with Crippen molar-refractivity contribution in [3.05, 3.63) is 23.4 Å². The number of unbranched alkanes of at least 4 members (excludes halogenated alkanes) is 2. The summed E-state index contributed by atoms with van der Waals surface area (Å²) in [4.78, 5) is 42.2. The smallest absolute Gasteiger partial charge is 0.325 e. The second kappa shape index (κ2) is 9.17. The molecule has 3 heterocycles. The second-order valence-corrected chi connectivity index (χ2v) is 8.36. The van der Waals surface area contributed by atoms with Gasteiger partial charge in [0, 0.05) is 25.9 Å². The molecule has 29 heavy (non-hydrogen) atoms. The lowest BCUT2D eigenvalue weighted by atomic mass is 10.1. The standard InChI is InChI=1S/C19H25N5O4S/c1-19(2)17(26)24(18(27)22-19)11-9-14(25)20-10-5-3-4-8-15-21-16(23-28-15)13-7-6-12-29-13/h6-7,12H,3-5,8-11H2,1-2H3,(H,20,25)(H,22,27). The number of aromatic nitrogens is 2. The Morgan fingerprint density at radius 1 is 1.31 bits per heavy atom. The highest BCUT2D eigenvalue weighted by Crippen LogP contribution is 2.21. The molecule has 0 bridgehead atoms. The monoisotopic (exact) mass is 419 g/mol. The zero-order valence-corrected chi connectivity index (χ0v) is 17.4. The summed E-state index contributed by atoms with van der Waals surface area (Å²) in [6.45, 7) is 3.92. The maximum Gasteiger partial charge on any atom is 0.325 e. The number of thiophene rings is 1. The molecule has 4 amide bonds. The first-order chi connectivity index (χ1) is 13.9. The third-order valence-electron chi connectivity index (χ3n) is 4.61. The topological polar surface area (TPSA) is 117 Å². The number of nitrogens with one attached hydrogen (secondary N) is 2. The van der Waals surface area contributed by atoms with Gasteiger partial charge in [0.2, 0.25) is 17.6 Å². The van der Waals surface area contributed by atoms with Crippen molar-refractivity contribution in [3.63, 3.8) is 0 Å². The molecule has 1 saturated heterocycles. The Hall–Kier alpha value is -2.75. The van der Waals surface area contributed by atoms with Crippen molar-refractivity contribution in [2.45, 2.75) is 51.5 Å². The number of aryl methyl sites for hydroxylation is 1. The fourth-order valence-electron chi connectivity index (χ4n) is 2.99. The van der Waals surface area contributed by atoms with Crippen LogP contribution in [0.2, 0.25) is 0 Å². The van der Waals surface area contributed by atoms with Crippen LogP contribution in [0.3, 0.4) is 0 Å². The number of carbonyl (C=O) groups is 3. The van der Waals surface area contributed by atoms with Crippen LogP contribution in [0.4, 0.5) is 4.79 Å². The van der Waals surface area contributed by atoms with Crippen LogP contribution in [-0.4, -0.2) is 51.5 Å². The Kier molecular flexibility index (Phi) is 6.63. The molecule has 1 aliphatic heterocycles. The van der Waals surface area contributed by atoms with E-state index >= 15 is 0 Å². The molecule has 2 aromatic heterocycles. The fraction of sp³-hybridized carbons (Fsp3) is 0.526. The quantitative estimate of drug-likeness (QED) is 0.451. The zero-order chi connectivity index (χ0) is 20.9. The first kappa shape index (κ1) is 21.0. The molecule has 1 fully saturated rings. The minimum Gasteiger partial charge on any atom is -0.356 e. The average Bonchev–Trinajstić information content (AvgIpc) is 3.38. The average molecular weight is 420 g/mol. The summed E-state index contributed by atoms with van der Waals surface area (Å²) < 4.78 is 5.26. The molecule has 1 aliphatic rings. The third-order valence-corrected chi connectivity index (χ3v) is 5.47. The van der Waals surface area contributed by atoms with Gasteiger partial charge < -0.3 is 15.2 Å². The molecule has 0 aliphatic carbocycles. The minimum absolute atomic E-state index is 0.0870. The van der Waals surface area contributed by atoms with E-state index in [4.69, 9.17) is 4.52 Å². The van der Waals surface area contributed by atoms with E-state index in [0.717, 1.165) is 29.0 Å². The molecule has 9 nitrogen and oxygen atoms in total. The van der Waals surface area contributed by atoms with Crippen LogP contribution in [0.5, 0.6) is 0 Å². The number of rotatable bonds is 10. The minimum atomic E-state index is -0.906. The van der Waals surface area contributed by atoms with Crippen molar-refractivity contribution in [2.75, 3.05) is 13.1 Å². The molecule has 3 rings (SSSR count). The number of nitrogens with zero attached hydrogens (tertiary/aromatic N) is 3. The number of hydrogen-bond donors (Lipinski definition) is 2. The van der Waals surface area contributed by atoms with Crippen LogP contribution in [-0.2, 0) is 16.0 Å². The van der Waals surface area contributed by atoms with E-state index in [9.17, 15) is 14.4 Å². The molecular weight excluding hydrogens is 394 g/mol. The van der Waals surface area contributed by atoms with E-state index in [2.05, 4.69) is 20.8 Å². The molecule has 2 aromatic rings.